The van der Waals surface area contributed by atoms with Crippen LogP contribution in [0.1, 0.15) is 18.4 Å². The molecule has 0 spiro atoms. The van der Waals surface area contributed by atoms with E-state index >= 15 is 0 Å². The second-order valence-corrected chi connectivity index (χ2v) is 6.99. The van der Waals surface area contributed by atoms with Crippen LogP contribution in [0.3, 0.4) is 0 Å². The Morgan fingerprint density at radius 3 is 2.76 bits per heavy atom. The Morgan fingerprint density at radius 2 is 2.10 bits per heavy atom. The first kappa shape index (κ1) is 16.2. The average molecular weight is 307 g/mol. The van der Waals surface area contributed by atoms with Gasteiger partial charge >= 0.3 is 0 Å². The third-order valence-corrected chi connectivity index (χ3v) is 5.08. The Hall–Kier alpha value is -1.20. The predicted octanol–water partition coefficient (Wildman–Crippen LogP) is 2.48. The summed E-state index contributed by atoms with van der Waals surface area (Å²) >= 11 is 1.78. The van der Waals surface area contributed by atoms with Crippen molar-refractivity contribution in [2.75, 3.05) is 43.2 Å². The number of rotatable bonds is 5. The summed E-state index contributed by atoms with van der Waals surface area (Å²) in [6.45, 7) is 4.22. The van der Waals surface area contributed by atoms with Crippen LogP contribution in [-0.2, 0) is 4.79 Å². The summed E-state index contributed by atoms with van der Waals surface area (Å²) in [7, 11) is 4.03. The van der Waals surface area contributed by atoms with Gasteiger partial charge in [0.1, 0.15) is 0 Å². The second-order valence-electron chi connectivity index (χ2n) is 5.70. The summed E-state index contributed by atoms with van der Waals surface area (Å²) in [5.41, 5.74) is 3.22. The molecule has 1 amide bonds. The number of benzene rings is 1. The van der Waals surface area contributed by atoms with Gasteiger partial charge in [0, 0.05) is 30.7 Å². The largest absolute Gasteiger partial charge is 0.377 e. The van der Waals surface area contributed by atoms with Crippen LogP contribution >= 0.6 is 11.8 Å². The van der Waals surface area contributed by atoms with Gasteiger partial charge in [-0.3, -0.25) is 4.79 Å². The molecule has 2 rings (SSSR count). The highest BCUT2D eigenvalue weighted by Gasteiger charge is 2.15. The number of carbonyl (C=O) groups excluding carboxylic acids is 1. The summed E-state index contributed by atoms with van der Waals surface area (Å²) in [5.74, 6) is 0.627. The molecule has 0 saturated carbocycles. The number of nitrogens with one attached hydrogen (secondary N) is 2. The third-order valence-electron chi connectivity index (χ3n) is 3.71. The van der Waals surface area contributed by atoms with Crippen LogP contribution < -0.4 is 15.5 Å². The summed E-state index contributed by atoms with van der Waals surface area (Å²) < 4.78 is 0. The molecule has 0 atom stereocenters. The highest BCUT2D eigenvalue weighted by atomic mass is 32.2. The van der Waals surface area contributed by atoms with Gasteiger partial charge in [-0.05, 0) is 50.6 Å². The lowest BCUT2D eigenvalue weighted by Crippen LogP contribution is -2.30. The van der Waals surface area contributed by atoms with E-state index in [4.69, 9.17) is 0 Å². The van der Waals surface area contributed by atoms with Crippen molar-refractivity contribution in [3.8, 4) is 0 Å². The number of piperidine rings is 1. The summed E-state index contributed by atoms with van der Waals surface area (Å²) in [6, 6.07) is 6.04. The minimum absolute atomic E-state index is 0.0899. The molecule has 116 valence electrons. The van der Waals surface area contributed by atoms with Crippen molar-refractivity contribution in [2.24, 2.45) is 0 Å². The Balaban J connectivity index is 1.85. The second kappa shape index (κ2) is 7.71. The van der Waals surface area contributed by atoms with E-state index in [0.717, 1.165) is 37.3 Å². The topological polar surface area (TPSA) is 44.4 Å². The SMILES string of the molecule is Cc1ccc(NC(=O)CSC2CCNCC2)cc1N(C)C. The van der Waals surface area contributed by atoms with Crippen LogP contribution in [0.5, 0.6) is 0 Å². The zero-order valence-electron chi connectivity index (χ0n) is 13.1. The van der Waals surface area contributed by atoms with Gasteiger partial charge in [0.05, 0.1) is 5.75 Å². The molecule has 5 heteroatoms. The van der Waals surface area contributed by atoms with Crippen molar-refractivity contribution in [2.45, 2.75) is 25.0 Å². The quantitative estimate of drug-likeness (QED) is 0.877. The zero-order chi connectivity index (χ0) is 15.2. The van der Waals surface area contributed by atoms with Crippen molar-refractivity contribution in [3.63, 3.8) is 0 Å². The van der Waals surface area contributed by atoms with E-state index in [0.29, 0.717) is 11.0 Å². The summed E-state index contributed by atoms with van der Waals surface area (Å²) in [6.07, 6.45) is 2.32. The molecule has 1 aromatic carbocycles. The van der Waals surface area contributed by atoms with Crippen molar-refractivity contribution in [1.82, 2.24) is 5.32 Å². The molecule has 1 fully saturated rings. The molecule has 21 heavy (non-hydrogen) atoms. The normalized spacial score (nSPS) is 15.8. The molecule has 1 aliphatic rings. The molecular formula is C16H25N3OS. The van der Waals surface area contributed by atoms with E-state index in [1.165, 1.54) is 5.56 Å². The lowest BCUT2D eigenvalue weighted by molar-refractivity contribution is -0.113. The minimum Gasteiger partial charge on any atom is -0.377 e. The summed E-state index contributed by atoms with van der Waals surface area (Å²) in [5, 5.41) is 6.97. The first-order valence-electron chi connectivity index (χ1n) is 7.46. The number of amides is 1. The van der Waals surface area contributed by atoms with E-state index in [2.05, 4.69) is 22.5 Å². The van der Waals surface area contributed by atoms with Crippen LogP contribution in [0.4, 0.5) is 11.4 Å². The Kier molecular flexibility index (Phi) is 5.94. The fraction of sp³-hybridized carbons (Fsp3) is 0.562. The molecular weight excluding hydrogens is 282 g/mol. The van der Waals surface area contributed by atoms with Gasteiger partial charge < -0.3 is 15.5 Å². The van der Waals surface area contributed by atoms with Crippen LogP contribution in [0.25, 0.3) is 0 Å². The number of anilines is 2. The van der Waals surface area contributed by atoms with E-state index in [1.54, 1.807) is 11.8 Å². The van der Waals surface area contributed by atoms with Crippen LogP contribution in [0.2, 0.25) is 0 Å². The van der Waals surface area contributed by atoms with Crippen LogP contribution in [0, 0.1) is 6.92 Å². The Labute approximate surface area is 131 Å². The average Bonchev–Trinajstić information content (AvgIpc) is 2.48. The smallest absolute Gasteiger partial charge is 0.234 e. The van der Waals surface area contributed by atoms with Gasteiger partial charge in [-0.25, -0.2) is 0 Å². The van der Waals surface area contributed by atoms with Gasteiger partial charge in [0.15, 0.2) is 0 Å². The predicted molar refractivity (Wildman–Crippen MR) is 92.5 cm³/mol. The van der Waals surface area contributed by atoms with Crippen molar-refractivity contribution in [3.05, 3.63) is 23.8 Å². The fourth-order valence-corrected chi connectivity index (χ4v) is 3.55. The standard InChI is InChI=1S/C16H25N3OS/c1-12-4-5-13(10-15(12)19(2)3)18-16(20)11-21-14-6-8-17-9-7-14/h4-5,10,14,17H,6-9,11H2,1-3H3,(H,18,20). The van der Waals surface area contributed by atoms with Crippen molar-refractivity contribution >= 4 is 29.0 Å². The first-order valence-corrected chi connectivity index (χ1v) is 8.51. The minimum atomic E-state index is 0.0899. The lowest BCUT2D eigenvalue weighted by atomic mass is 10.1. The van der Waals surface area contributed by atoms with Crippen LogP contribution in [0.15, 0.2) is 18.2 Å². The number of aryl methyl sites for hydroxylation is 1. The van der Waals surface area contributed by atoms with Crippen LogP contribution in [-0.4, -0.2) is 44.1 Å². The van der Waals surface area contributed by atoms with Gasteiger partial charge in [-0.15, -0.1) is 11.8 Å². The molecule has 0 aliphatic carbocycles. The number of nitrogens with zero attached hydrogens (tertiary/aromatic N) is 1. The van der Waals surface area contributed by atoms with E-state index in [1.807, 2.05) is 32.3 Å². The molecule has 1 aliphatic heterocycles. The highest BCUT2D eigenvalue weighted by Crippen LogP contribution is 2.23. The van der Waals surface area contributed by atoms with E-state index in [-0.39, 0.29) is 5.91 Å². The molecule has 4 nitrogen and oxygen atoms in total. The van der Waals surface area contributed by atoms with E-state index < -0.39 is 0 Å². The fourth-order valence-electron chi connectivity index (χ4n) is 2.52. The molecule has 0 radical (unpaired) electrons. The molecule has 1 aromatic rings. The number of carbonyl (C=O) groups is 1. The molecule has 2 N–H and O–H groups in total. The highest BCUT2D eigenvalue weighted by molar-refractivity contribution is 8.00. The van der Waals surface area contributed by atoms with Crippen molar-refractivity contribution < 1.29 is 4.79 Å². The summed E-state index contributed by atoms with van der Waals surface area (Å²) in [4.78, 5) is 14.1. The number of hydrogen-bond donors (Lipinski definition) is 2. The molecule has 0 aromatic heterocycles. The Morgan fingerprint density at radius 1 is 1.38 bits per heavy atom. The monoisotopic (exact) mass is 307 g/mol. The zero-order valence-corrected chi connectivity index (χ0v) is 13.9. The maximum atomic E-state index is 12.1. The molecule has 0 unspecified atom stereocenters. The first-order chi connectivity index (χ1) is 10.1. The van der Waals surface area contributed by atoms with Gasteiger partial charge in [0.25, 0.3) is 0 Å². The number of thioether (sulfide) groups is 1. The maximum absolute atomic E-state index is 12.1. The van der Waals surface area contributed by atoms with Gasteiger partial charge in [-0.2, -0.15) is 0 Å². The molecule has 1 saturated heterocycles. The van der Waals surface area contributed by atoms with E-state index in [9.17, 15) is 4.79 Å². The number of hydrogen-bond acceptors (Lipinski definition) is 4. The lowest BCUT2D eigenvalue weighted by Gasteiger charge is -2.22. The third kappa shape index (κ3) is 4.93. The Bertz CT molecular complexity index is 484. The van der Waals surface area contributed by atoms with Gasteiger partial charge in [-0.1, -0.05) is 6.07 Å². The van der Waals surface area contributed by atoms with Gasteiger partial charge in [0.2, 0.25) is 5.91 Å². The maximum Gasteiger partial charge on any atom is 0.234 e. The molecule has 1 heterocycles. The van der Waals surface area contributed by atoms with Crippen molar-refractivity contribution in [1.29, 1.82) is 0 Å². The molecule has 0 bridgehead atoms.